The summed E-state index contributed by atoms with van der Waals surface area (Å²) in [6.07, 6.45) is 0.145. The van der Waals surface area contributed by atoms with E-state index in [1.54, 1.807) is 0 Å². The van der Waals surface area contributed by atoms with Crippen LogP contribution in [0.1, 0.15) is 25.0 Å². The van der Waals surface area contributed by atoms with Crippen LogP contribution in [-0.2, 0) is 9.53 Å². The van der Waals surface area contributed by atoms with E-state index in [0.29, 0.717) is 6.61 Å². The monoisotopic (exact) mass is 299 g/mol. The summed E-state index contributed by atoms with van der Waals surface area (Å²) in [4.78, 5) is 11.9. The van der Waals surface area contributed by atoms with E-state index in [-0.39, 0.29) is 24.5 Å². The molecule has 2 aromatic carbocycles. The lowest BCUT2D eigenvalue weighted by Crippen LogP contribution is -2.30. The van der Waals surface area contributed by atoms with Crippen molar-refractivity contribution in [1.82, 2.24) is 5.32 Å². The number of nitrogens with one attached hydrogen (secondary N) is 1. The third-order valence-electron chi connectivity index (χ3n) is 4.08. The third kappa shape index (κ3) is 3.29. The van der Waals surface area contributed by atoms with Crippen molar-refractivity contribution in [3.63, 3.8) is 0 Å². The molecule has 0 spiro atoms. The third-order valence-corrected chi connectivity index (χ3v) is 4.08. The van der Waals surface area contributed by atoms with E-state index in [9.17, 15) is 9.90 Å². The summed E-state index contributed by atoms with van der Waals surface area (Å²) >= 11 is 0. The average molecular weight is 299 g/mol. The maximum Gasteiger partial charge on any atom is 0.225 e. The van der Waals surface area contributed by atoms with Crippen LogP contribution in [0.4, 0.5) is 0 Å². The molecule has 116 valence electrons. The zero-order chi connectivity index (χ0) is 15.5. The predicted molar refractivity (Wildman–Crippen MR) is 85.4 cm³/mol. The van der Waals surface area contributed by atoms with Gasteiger partial charge in [-0.15, -0.1) is 0 Å². The highest BCUT2D eigenvalue weighted by Gasteiger charge is 2.43. The summed E-state index contributed by atoms with van der Waals surface area (Å²) in [5.74, 6) is -0.0814. The summed E-state index contributed by atoms with van der Waals surface area (Å²) < 4.78 is 5.40. The van der Waals surface area contributed by atoms with Crippen molar-refractivity contribution in [3.8, 4) is 0 Å². The van der Waals surface area contributed by atoms with Crippen LogP contribution in [0.5, 0.6) is 0 Å². The molecule has 4 nitrogen and oxygen atoms in total. The van der Waals surface area contributed by atoms with E-state index in [0.717, 1.165) is 22.8 Å². The van der Waals surface area contributed by atoms with Gasteiger partial charge in [-0.3, -0.25) is 4.79 Å². The Balaban J connectivity index is 1.57. The van der Waals surface area contributed by atoms with Gasteiger partial charge in [0.05, 0.1) is 18.1 Å². The van der Waals surface area contributed by atoms with E-state index in [4.69, 9.17) is 4.74 Å². The molecule has 3 atom stereocenters. The second kappa shape index (κ2) is 6.46. The number of carbonyl (C=O) groups excluding carboxylic acids is 1. The molecular weight excluding hydrogens is 278 g/mol. The van der Waals surface area contributed by atoms with Gasteiger partial charge in [0.25, 0.3) is 0 Å². The normalized spacial score (nSPS) is 21.5. The Labute approximate surface area is 130 Å². The molecule has 0 heterocycles. The molecule has 0 saturated heterocycles. The van der Waals surface area contributed by atoms with E-state index in [1.807, 2.05) is 49.4 Å². The van der Waals surface area contributed by atoms with Gasteiger partial charge in [-0.2, -0.15) is 0 Å². The van der Waals surface area contributed by atoms with E-state index in [1.165, 1.54) is 0 Å². The first kappa shape index (κ1) is 15.0. The summed E-state index contributed by atoms with van der Waals surface area (Å²) in [6, 6.07) is 13.9. The second-order valence-electron chi connectivity index (χ2n) is 5.70. The molecule has 2 aromatic rings. The Morgan fingerprint density at radius 3 is 2.86 bits per heavy atom. The highest BCUT2D eigenvalue weighted by Crippen LogP contribution is 2.33. The zero-order valence-electron chi connectivity index (χ0n) is 12.7. The molecule has 22 heavy (non-hydrogen) atoms. The highest BCUT2D eigenvalue weighted by molar-refractivity contribution is 5.83. The lowest BCUT2D eigenvalue weighted by molar-refractivity contribution is -0.123. The van der Waals surface area contributed by atoms with E-state index in [2.05, 4.69) is 5.32 Å². The number of carbonyl (C=O) groups is 1. The van der Waals surface area contributed by atoms with Crippen LogP contribution in [0.25, 0.3) is 10.8 Å². The minimum atomic E-state index is -0.696. The number of amides is 1. The molecule has 3 unspecified atom stereocenters. The molecule has 1 saturated carbocycles. The number of rotatable bonds is 6. The first-order valence-corrected chi connectivity index (χ1v) is 7.75. The Morgan fingerprint density at radius 1 is 1.32 bits per heavy atom. The number of aliphatic hydroxyl groups is 1. The van der Waals surface area contributed by atoms with Gasteiger partial charge in [0.2, 0.25) is 5.91 Å². The zero-order valence-corrected chi connectivity index (χ0v) is 12.7. The predicted octanol–water partition coefficient (Wildman–Crippen LogP) is 2.41. The van der Waals surface area contributed by atoms with Gasteiger partial charge >= 0.3 is 0 Å². The highest BCUT2D eigenvalue weighted by atomic mass is 16.5. The van der Waals surface area contributed by atoms with Crippen LogP contribution in [0.3, 0.4) is 0 Å². The molecule has 1 fully saturated rings. The minimum absolute atomic E-state index is 0.0294. The van der Waals surface area contributed by atoms with Crippen molar-refractivity contribution in [2.24, 2.45) is 5.92 Å². The van der Waals surface area contributed by atoms with Gasteiger partial charge in [0.15, 0.2) is 0 Å². The van der Waals surface area contributed by atoms with Crippen LogP contribution in [-0.4, -0.2) is 30.3 Å². The maximum atomic E-state index is 11.9. The van der Waals surface area contributed by atoms with Crippen LogP contribution in [0.2, 0.25) is 0 Å². The number of benzene rings is 2. The van der Waals surface area contributed by atoms with Crippen molar-refractivity contribution in [1.29, 1.82) is 0 Å². The Hall–Kier alpha value is -1.91. The van der Waals surface area contributed by atoms with Crippen molar-refractivity contribution in [2.75, 3.05) is 13.2 Å². The van der Waals surface area contributed by atoms with Crippen molar-refractivity contribution in [3.05, 3.63) is 48.0 Å². The summed E-state index contributed by atoms with van der Waals surface area (Å²) in [7, 11) is 0. The smallest absolute Gasteiger partial charge is 0.225 e. The van der Waals surface area contributed by atoms with Crippen molar-refractivity contribution >= 4 is 16.7 Å². The van der Waals surface area contributed by atoms with Gasteiger partial charge < -0.3 is 15.2 Å². The molecule has 0 aromatic heterocycles. The summed E-state index contributed by atoms with van der Waals surface area (Å²) in [6.45, 7) is 2.79. The fraction of sp³-hybridized carbons (Fsp3) is 0.389. The Kier molecular flexibility index (Phi) is 4.41. The molecule has 0 radical (unpaired) electrons. The van der Waals surface area contributed by atoms with Gasteiger partial charge in [-0.25, -0.2) is 0 Å². The number of fused-ring (bicyclic) bond motifs is 1. The topological polar surface area (TPSA) is 58.6 Å². The lowest BCUT2D eigenvalue weighted by atomic mass is 10.0. The van der Waals surface area contributed by atoms with Gasteiger partial charge in [-0.05, 0) is 35.7 Å². The Morgan fingerprint density at radius 2 is 2.09 bits per heavy atom. The summed E-state index contributed by atoms with van der Waals surface area (Å²) in [5, 5.41) is 15.3. The Bertz CT molecular complexity index is 670. The fourth-order valence-corrected chi connectivity index (χ4v) is 2.71. The molecule has 0 bridgehead atoms. The molecule has 2 N–H and O–H groups in total. The fourth-order valence-electron chi connectivity index (χ4n) is 2.71. The van der Waals surface area contributed by atoms with Crippen molar-refractivity contribution < 1.29 is 14.6 Å². The van der Waals surface area contributed by atoms with E-state index < -0.39 is 6.10 Å². The molecule has 1 aliphatic carbocycles. The molecule has 1 aliphatic rings. The largest absolute Gasteiger partial charge is 0.387 e. The van der Waals surface area contributed by atoms with Crippen LogP contribution >= 0.6 is 0 Å². The minimum Gasteiger partial charge on any atom is -0.387 e. The SMILES string of the molecule is CCOC1CC1C(=O)NCC(O)c1ccc2ccccc2c1. The summed E-state index contributed by atoms with van der Waals surface area (Å²) in [5.41, 5.74) is 0.816. The number of ether oxygens (including phenoxy) is 1. The first-order chi connectivity index (χ1) is 10.7. The number of hydrogen-bond acceptors (Lipinski definition) is 3. The quantitative estimate of drug-likeness (QED) is 0.861. The lowest BCUT2D eigenvalue weighted by Gasteiger charge is -2.13. The molecule has 3 rings (SSSR count). The second-order valence-corrected chi connectivity index (χ2v) is 5.70. The van der Waals surface area contributed by atoms with E-state index >= 15 is 0 Å². The van der Waals surface area contributed by atoms with Crippen molar-refractivity contribution in [2.45, 2.75) is 25.6 Å². The van der Waals surface area contributed by atoms with Crippen LogP contribution in [0.15, 0.2) is 42.5 Å². The average Bonchev–Trinajstić information content (AvgIpc) is 3.31. The number of aliphatic hydroxyl groups excluding tert-OH is 1. The van der Waals surface area contributed by atoms with Crippen LogP contribution in [0, 0.1) is 5.92 Å². The van der Waals surface area contributed by atoms with Crippen LogP contribution < -0.4 is 5.32 Å². The molecular formula is C18H21NO3. The first-order valence-electron chi connectivity index (χ1n) is 7.75. The van der Waals surface area contributed by atoms with Gasteiger partial charge in [0.1, 0.15) is 0 Å². The molecule has 4 heteroatoms. The van der Waals surface area contributed by atoms with Gasteiger partial charge in [-0.1, -0.05) is 36.4 Å². The van der Waals surface area contributed by atoms with Gasteiger partial charge in [0, 0.05) is 13.2 Å². The molecule has 1 amide bonds. The maximum absolute atomic E-state index is 11.9. The molecule has 0 aliphatic heterocycles. The standard InChI is InChI=1S/C18H21NO3/c1-2-22-17-10-15(17)18(21)19-11-16(20)14-8-7-12-5-3-4-6-13(12)9-14/h3-9,15-17,20H,2,10-11H2,1H3,(H,19,21). The number of hydrogen-bond donors (Lipinski definition) is 2.